The van der Waals surface area contributed by atoms with Gasteiger partial charge in [0.2, 0.25) is 11.1 Å². The van der Waals surface area contributed by atoms with E-state index in [1.807, 2.05) is 57.1 Å². The highest BCUT2D eigenvalue weighted by atomic mass is 16.3. The van der Waals surface area contributed by atoms with Crippen LogP contribution in [0.5, 0.6) is 0 Å². The van der Waals surface area contributed by atoms with Crippen molar-refractivity contribution >= 4 is 5.90 Å². The zero-order valence-electron chi connectivity index (χ0n) is 32.6. The molecule has 0 spiro atoms. The maximum atomic E-state index is 12.8. The van der Waals surface area contributed by atoms with Gasteiger partial charge < -0.3 is 15.1 Å². The number of nitroso groups, excluding NO2 is 1. The van der Waals surface area contributed by atoms with Crippen LogP contribution in [-0.4, -0.2) is 44.1 Å². The van der Waals surface area contributed by atoms with Gasteiger partial charge in [0, 0.05) is 94.6 Å². The molecule has 1 fully saturated rings. The topological polar surface area (TPSA) is 70.8 Å². The van der Waals surface area contributed by atoms with Gasteiger partial charge in [-0.2, -0.15) is 0 Å². The third kappa shape index (κ3) is 9.97. The normalized spacial score (nSPS) is 19.4. The fourth-order valence-corrected chi connectivity index (χ4v) is 7.20. The van der Waals surface area contributed by atoms with Crippen molar-refractivity contribution in [2.45, 2.75) is 130 Å². The number of hydrogen-bond acceptors (Lipinski definition) is 5. The lowest BCUT2D eigenvalue weighted by Gasteiger charge is -2.34. The van der Waals surface area contributed by atoms with Gasteiger partial charge in [0.1, 0.15) is 6.54 Å². The molecule has 2 aromatic carbocycles. The van der Waals surface area contributed by atoms with Crippen molar-refractivity contribution in [1.82, 2.24) is 15.1 Å². The molecule has 5 rings (SSSR count). The summed E-state index contributed by atoms with van der Waals surface area (Å²) in [6.45, 7) is 24.1. The number of nitrogens with one attached hydrogen (secondary N) is 1. The summed E-state index contributed by atoms with van der Waals surface area (Å²) < 4.78 is 1.17. The van der Waals surface area contributed by atoms with E-state index >= 15 is 0 Å². The molecule has 0 amide bonds. The van der Waals surface area contributed by atoms with Gasteiger partial charge in [-0.1, -0.05) is 84.0 Å². The average Bonchev–Trinajstić information content (AvgIpc) is 3.04. The number of benzene rings is 2. The first-order chi connectivity index (χ1) is 23.8. The van der Waals surface area contributed by atoms with Crippen molar-refractivity contribution in [3.05, 3.63) is 135 Å². The summed E-state index contributed by atoms with van der Waals surface area (Å²) in [6, 6.07) is 15.8. The molecule has 0 bridgehead atoms. The smallest absolute Gasteiger partial charge is 0.261 e. The van der Waals surface area contributed by atoms with E-state index in [-0.39, 0.29) is 29.3 Å². The number of rotatable bonds is 9. The van der Waals surface area contributed by atoms with Crippen LogP contribution in [0, 0.1) is 4.91 Å². The Morgan fingerprint density at radius 2 is 1.18 bits per heavy atom. The molecule has 3 aliphatic heterocycles. The molecule has 3 aliphatic rings. The second-order valence-corrected chi connectivity index (χ2v) is 17.9. The number of allylic oxidation sites excluding steroid dienone is 6. The molecule has 0 atom stereocenters. The Balaban J connectivity index is 1.10. The Morgan fingerprint density at radius 3 is 1.67 bits per heavy atom. The second-order valence-electron chi connectivity index (χ2n) is 17.9. The van der Waals surface area contributed by atoms with Crippen molar-refractivity contribution in [3.63, 3.8) is 0 Å². The van der Waals surface area contributed by atoms with Crippen LogP contribution in [0.15, 0.2) is 108 Å². The molecule has 0 aromatic heterocycles. The minimum atomic E-state index is -0.543. The molecule has 2 aromatic rings. The lowest BCUT2D eigenvalue weighted by Crippen LogP contribution is -2.55. The highest BCUT2D eigenvalue weighted by Crippen LogP contribution is 2.36. The van der Waals surface area contributed by atoms with Crippen molar-refractivity contribution in [2.24, 2.45) is 4.99 Å². The van der Waals surface area contributed by atoms with Gasteiger partial charge in [-0.05, 0) is 74.1 Å². The predicted molar refractivity (Wildman–Crippen MR) is 210 cm³/mol. The Morgan fingerprint density at radius 1 is 0.725 bits per heavy atom. The van der Waals surface area contributed by atoms with E-state index in [9.17, 15) is 10.0 Å². The molecule has 1 radical (unpaired) electrons. The monoisotopic (exact) mass is 689 g/mol. The van der Waals surface area contributed by atoms with Gasteiger partial charge in [0.05, 0.1) is 6.04 Å². The molecule has 3 heterocycles. The molecule has 0 aliphatic carbocycles. The van der Waals surface area contributed by atoms with Crippen molar-refractivity contribution in [2.75, 3.05) is 6.54 Å². The van der Waals surface area contributed by atoms with Gasteiger partial charge in [0.25, 0.3) is 5.90 Å². The molecule has 0 unspecified atom stereocenters. The summed E-state index contributed by atoms with van der Waals surface area (Å²) in [5, 5.41) is 16.5. The predicted octanol–water partition coefficient (Wildman–Crippen LogP) is 9.38. The van der Waals surface area contributed by atoms with Gasteiger partial charge >= 0.3 is 0 Å². The summed E-state index contributed by atoms with van der Waals surface area (Å²) >= 11 is 0. The van der Waals surface area contributed by atoms with Crippen LogP contribution in [0.4, 0.5) is 0 Å². The van der Waals surface area contributed by atoms with E-state index in [0.29, 0.717) is 12.8 Å². The summed E-state index contributed by atoms with van der Waals surface area (Å²) in [7, 11) is 0. The Kier molecular flexibility index (Phi) is 11.0. The minimum absolute atomic E-state index is 0.116. The third-order valence-electron chi connectivity index (χ3n) is 10.1. The largest absolute Gasteiger partial charge is 0.350 e. The molecule has 7 nitrogen and oxygen atoms in total. The standard InChI is InChI=1S/C44H59N5O2/c1-41(2,3)37-23-34(24-38(25-37)42(4,5)6)29-45-28-32-11-13-33(14-12-32)30-47-19-15-35(16-20-47)36-17-21-48(22-18-36)31-40(50)46-39-26-43(7,8)49(51)44(9,10)27-39/h11-25,39,45H,26-31H2,1-10H3/q+1. The molecule has 7 heteroatoms. The van der Waals surface area contributed by atoms with Crippen LogP contribution >= 0.6 is 0 Å². The quantitative estimate of drug-likeness (QED) is 0.162. The molecule has 51 heavy (non-hydrogen) atoms. The summed E-state index contributed by atoms with van der Waals surface area (Å²) in [6.07, 6.45) is 17.6. The SMILES string of the molecule is CC(C)(C)c1cc(CNCc2ccc(CN3C=CC(=C4C=CN(CC([O])=NC5CC(C)(C)[N+](=O)C(C)(C)C5)C=C4)C=C3)cc2)cc(C(C)(C)C)c1. The van der Waals surface area contributed by atoms with Crippen molar-refractivity contribution in [3.8, 4) is 0 Å². The van der Waals surface area contributed by atoms with E-state index < -0.39 is 11.1 Å². The number of hydrogen-bond donors (Lipinski definition) is 1. The molecule has 1 N–H and O–H groups in total. The van der Waals surface area contributed by atoms with Crippen LogP contribution < -0.4 is 5.32 Å². The van der Waals surface area contributed by atoms with Crippen LogP contribution in [0.2, 0.25) is 0 Å². The molecule has 271 valence electrons. The van der Waals surface area contributed by atoms with E-state index in [1.165, 1.54) is 32.6 Å². The maximum Gasteiger partial charge on any atom is 0.261 e. The Bertz CT molecular complexity index is 1690. The Labute approximate surface area is 306 Å². The molecular formula is C44H59N5O2+. The first-order valence-corrected chi connectivity index (χ1v) is 18.4. The zero-order valence-corrected chi connectivity index (χ0v) is 32.6. The van der Waals surface area contributed by atoms with Gasteiger partial charge in [-0.15, -0.1) is 0 Å². The highest BCUT2D eigenvalue weighted by molar-refractivity contribution is 5.76. The van der Waals surface area contributed by atoms with Gasteiger partial charge in [0.15, 0.2) is 0 Å². The summed E-state index contributed by atoms with van der Waals surface area (Å²) in [4.78, 5) is 21.2. The number of piperidine rings is 1. The first kappa shape index (κ1) is 38.0. The summed E-state index contributed by atoms with van der Waals surface area (Å²) in [5.41, 5.74) is 7.99. The van der Waals surface area contributed by atoms with Gasteiger partial charge in [-0.25, -0.2) is 4.99 Å². The molecule has 1 saturated heterocycles. The van der Waals surface area contributed by atoms with Crippen LogP contribution in [-0.2, 0) is 35.6 Å². The van der Waals surface area contributed by atoms with E-state index in [0.717, 1.165) is 30.8 Å². The maximum absolute atomic E-state index is 12.8. The van der Waals surface area contributed by atoms with Gasteiger partial charge in [-0.3, -0.25) is 5.11 Å². The third-order valence-corrected chi connectivity index (χ3v) is 10.1. The molecular weight excluding hydrogens is 631 g/mol. The van der Waals surface area contributed by atoms with Crippen LogP contribution in [0.3, 0.4) is 0 Å². The fraction of sp³-hybridized carbons (Fsp3) is 0.477. The first-order valence-electron chi connectivity index (χ1n) is 18.4. The highest BCUT2D eigenvalue weighted by Gasteiger charge is 2.53. The van der Waals surface area contributed by atoms with Crippen LogP contribution in [0.25, 0.3) is 0 Å². The number of aliphatic imine (C=N–C) groups is 1. The lowest BCUT2D eigenvalue weighted by atomic mass is 9.79. The number of nitrogens with zero attached hydrogens (tertiary/aromatic N) is 4. The average molecular weight is 690 g/mol. The lowest BCUT2D eigenvalue weighted by molar-refractivity contribution is -0.692. The van der Waals surface area contributed by atoms with E-state index in [1.54, 1.807) is 0 Å². The van der Waals surface area contributed by atoms with Crippen molar-refractivity contribution < 1.29 is 9.87 Å². The van der Waals surface area contributed by atoms with Crippen LogP contribution in [0.1, 0.15) is 110 Å². The van der Waals surface area contributed by atoms with Crippen molar-refractivity contribution in [1.29, 1.82) is 0 Å². The molecule has 0 saturated carbocycles. The van der Waals surface area contributed by atoms with E-state index in [2.05, 4.69) is 124 Å². The summed E-state index contributed by atoms with van der Waals surface area (Å²) in [5.74, 6) is -0.162. The van der Waals surface area contributed by atoms with E-state index in [4.69, 9.17) is 0 Å². The second kappa shape index (κ2) is 14.8. The minimum Gasteiger partial charge on any atom is -0.350 e. The fourth-order valence-electron chi connectivity index (χ4n) is 7.20. The Hall–Kier alpha value is -4.23. The zero-order chi connectivity index (χ0) is 37.2.